The molecule has 5 rings (SSSR count). The molecule has 30 heavy (non-hydrogen) atoms. The van der Waals surface area contributed by atoms with Crippen molar-refractivity contribution < 1.29 is 10.2 Å². The summed E-state index contributed by atoms with van der Waals surface area (Å²) in [5.41, 5.74) is 4.27. The van der Waals surface area contributed by atoms with Crippen LogP contribution in [-0.4, -0.2) is 40.3 Å². The lowest BCUT2D eigenvalue weighted by Crippen LogP contribution is -2.59. The summed E-state index contributed by atoms with van der Waals surface area (Å²) >= 11 is 0. The molecule has 2 aliphatic carbocycles. The first-order valence-electron chi connectivity index (χ1n) is 11.2. The number of fused-ring (bicyclic) bond motifs is 4. The highest BCUT2D eigenvalue weighted by atomic mass is 35.5. The summed E-state index contributed by atoms with van der Waals surface area (Å²) in [6.45, 7) is 8.35. The second-order valence-corrected chi connectivity index (χ2v) is 9.52. The second-order valence-electron chi connectivity index (χ2n) is 9.52. The van der Waals surface area contributed by atoms with Gasteiger partial charge in [0.1, 0.15) is 5.75 Å². The summed E-state index contributed by atoms with van der Waals surface area (Å²) in [5, 5.41) is 18.3. The molecule has 164 valence electrons. The highest BCUT2D eigenvalue weighted by molar-refractivity contribution is 5.85. The van der Waals surface area contributed by atoms with Crippen LogP contribution in [0.2, 0.25) is 0 Å². The van der Waals surface area contributed by atoms with Crippen LogP contribution in [0.15, 0.2) is 48.5 Å². The number of aromatic hydroxyl groups is 1. The first-order chi connectivity index (χ1) is 13.9. The highest BCUT2D eigenvalue weighted by Gasteiger charge is 2.52. The Balaban J connectivity index is 0.000000473. The lowest BCUT2D eigenvalue weighted by molar-refractivity contribution is 0.0376. The van der Waals surface area contributed by atoms with Gasteiger partial charge < -0.3 is 10.2 Å². The molecule has 3 aliphatic rings. The van der Waals surface area contributed by atoms with Crippen LogP contribution in [0.5, 0.6) is 5.75 Å². The standard InChI is InChI=1S/C23H27NO.C3H8O.ClH/c1-16-22-13-18-9-10-20(25)14-21(18)23(16,19-5-3-2-4-6-19)11-12-24(22)15-17-7-8-17;1-3(2)4;/h2-6,9-10,14,16-17,22,25H,7-8,11-13,15H2,1H3;3-4H,1-2H3;1H. The Labute approximate surface area is 187 Å². The Kier molecular flexibility index (Phi) is 7.16. The first-order valence-corrected chi connectivity index (χ1v) is 11.2. The SMILES string of the molecule is CC(C)O.CC1C2Cc3ccc(O)cc3C1(c1ccccc1)CCN2CC1CC1.Cl. The van der Waals surface area contributed by atoms with E-state index >= 15 is 0 Å². The lowest BCUT2D eigenvalue weighted by Gasteiger charge is -2.56. The van der Waals surface area contributed by atoms with E-state index in [1.807, 2.05) is 12.1 Å². The molecule has 1 saturated carbocycles. The molecule has 0 amide bonds. The van der Waals surface area contributed by atoms with Gasteiger partial charge in [0.05, 0.1) is 0 Å². The van der Waals surface area contributed by atoms with Crippen LogP contribution in [0.3, 0.4) is 0 Å². The average Bonchev–Trinajstić information content (AvgIpc) is 3.50. The zero-order valence-electron chi connectivity index (χ0n) is 18.4. The average molecular weight is 430 g/mol. The van der Waals surface area contributed by atoms with Gasteiger partial charge in [-0.25, -0.2) is 0 Å². The summed E-state index contributed by atoms with van der Waals surface area (Å²) in [7, 11) is 0. The van der Waals surface area contributed by atoms with E-state index < -0.39 is 0 Å². The molecule has 0 spiro atoms. The Bertz CT molecular complexity index is 833. The summed E-state index contributed by atoms with van der Waals surface area (Å²) in [6, 6.07) is 17.7. The van der Waals surface area contributed by atoms with Crippen LogP contribution >= 0.6 is 12.4 Å². The first kappa shape index (κ1) is 23.1. The Morgan fingerprint density at radius 3 is 2.40 bits per heavy atom. The number of phenols is 1. The Morgan fingerprint density at radius 2 is 1.77 bits per heavy atom. The molecule has 0 aromatic heterocycles. The molecule has 2 aromatic rings. The van der Waals surface area contributed by atoms with Crippen molar-refractivity contribution in [2.24, 2.45) is 11.8 Å². The van der Waals surface area contributed by atoms with Crippen molar-refractivity contribution in [1.29, 1.82) is 0 Å². The molecule has 2 bridgehead atoms. The van der Waals surface area contributed by atoms with E-state index in [0.29, 0.717) is 17.7 Å². The molecule has 1 saturated heterocycles. The number of phenolic OH excluding ortho intramolecular Hbond substituents is 1. The number of hydrogen-bond donors (Lipinski definition) is 2. The molecule has 3 nitrogen and oxygen atoms in total. The molecule has 3 atom stereocenters. The molecule has 2 N–H and O–H groups in total. The zero-order chi connectivity index (χ0) is 20.6. The quantitative estimate of drug-likeness (QED) is 0.707. The minimum Gasteiger partial charge on any atom is -0.508 e. The molecule has 2 fully saturated rings. The van der Waals surface area contributed by atoms with Crippen molar-refractivity contribution in [2.75, 3.05) is 13.1 Å². The molecular formula is C26H36ClNO2. The number of halogens is 1. The number of rotatable bonds is 3. The van der Waals surface area contributed by atoms with Gasteiger partial charge in [0.15, 0.2) is 0 Å². The van der Waals surface area contributed by atoms with Crippen LogP contribution in [0.4, 0.5) is 0 Å². The van der Waals surface area contributed by atoms with E-state index in [1.165, 1.54) is 42.6 Å². The van der Waals surface area contributed by atoms with E-state index in [1.54, 1.807) is 13.8 Å². The third-order valence-corrected chi connectivity index (χ3v) is 7.10. The van der Waals surface area contributed by atoms with Crippen LogP contribution in [0.25, 0.3) is 0 Å². The summed E-state index contributed by atoms with van der Waals surface area (Å²) in [5.74, 6) is 1.91. The predicted octanol–water partition coefficient (Wildman–Crippen LogP) is 5.16. The fourth-order valence-corrected chi connectivity index (χ4v) is 5.58. The van der Waals surface area contributed by atoms with Crippen molar-refractivity contribution in [3.05, 3.63) is 65.2 Å². The van der Waals surface area contributed by atoms with Gasteiger partial charge in [-0.3, -0.25) is 4.90 Å². The molecule has 2 aromatic carbocycles. The van der Waals surface area contributed by atoms with E-state index in [2.05, 4.69) is 48.2 Å². The van der Waals surface area contributed by atoms with Crippen LogP contribution < -0.4 is 0 Å². The number of benzene rings is 2. The number of aliphatic hydroxyl groups is 1. The van der Waals surface area contributed by atoms with E-state index in [9.17, 15) is 5.11 Å². The molecule has 4 heteroatoms. The van der Waals surface area contributed by atoms with Crippen LogP contribution in [-0.2, 0) is 11.8 Å². The smallest absolute Gasteiger partial charge is 0.115 e. The molecule has 0 radical (unpaired) electrons. The predicted molar refractivity (Wildman–Crippen MR) is 126 cm³/mol. The van der Waals surface area contributed by atoms with Gasteiger partial charge in [-0.2, -0.15) is 0 Å². The van der Waals surface area contributed by atoms with Gasteiger partial charge in [-0.1, -0.05) is 43.3 Å². The van der Waals surface area contributed by atoms with Gasteiger partial charge in [-0.05, 0) is 86.7 Å². The van der Waals surface area contributed by atoms with Gasteiger partial charge in [0, 0.05) is 24.1 Å². The molecule has 1 heterocycles. The highest BCUT2D eigenvalue weighted by Crippen LogP contribution is 2.53. The topological polar surface area (TPSA) is 43.7 Å². The third-order valence-electron chi connectivity index (χ3n) is 7.10. The second kappa shape index (κ2) is 9.30. The number of hydrogen-bond acceptors (Lipinski definition) is 3. The number of nitrogens with zero attached hydrogens (tertiary/aromatic N) is 1. The maximum atomic E-state index is 10.2. The number of likely N-dealkylation sites (tertiary alicyclic amines) is 1. The van der Waals surface area contributed by atoms with Crippen molar-refractivity contribution in [1.82, 2.24) is 4.90 Å². The normalized spacial score (nSPS) is 27.5. The number of aliphatic hydroxyl groups excluding tert-OH is 1. The van der Waals surface area contributed by atoms with Crippen molar-refractivity contribution in [2.45, 2.75) is 64.0 Å². The minimum atomic E-state index is -0.167. The van der Waals surface area contributed by atoms with E-state index in [-0.39, 0.29) is 23.9 Å². The van der Waals surface area contributed by atoms with E-state index in [0.717, 1.165) is 18.8 Å². The van der Waals surface area contributed by atoms with Crippen LogP contribution in [0, 0.1) is 11.8 Å². The van der Waals surface area contributed by atoms with Gasteiger partial charge in [-0.15, -0.1) is 12.4 Å². The monoisotopic (exact) mass is 429 g/mol. The van der Waals surface area contributed by atoms with Crippen molar-refractivity contribution >= 4 is 12.4 Å². The van der Waals surface area contributed by atoms with Crippen LogP contribution in [0.1, 0.15) is 56.7 Å². The van der Waals surface area contributed by atoms with Gasteiger partial charge >= 0.3 is 0 Å². The maximum Gasteiger partial charge on any atom is 0.115 e. The minimum absolute atomic E-state index is 0. The fourth-order valence-electron chi connectivity index (χ4n) is 5.58. The summed E-state index contributed by atoms with van der Waals surface area (Å²) in [6.07, 6.45) is 4.95. The third kappa shape index (κ3) is 4.39. The fraction of sp³-hybridized carbons (Fsp3) is 0.538. The number of piperidine rings is 1. The molecule has 3 unspecified atom stereocenters. The Morgan fingerprint density at radius 1 is 1.10 bits per heavy atom. The van der Waals surface area contributed by atoms with Crippen molar-refractivity contribution in [3.8, 4) is 5.75 Å². The largest absolute Gasteiger partial charge is 0.508 e. The Hall–Kier alpha value is -1.55. The zero-order valence-corrected chi connectivity index (χ0v) is 19.2. The lowest BCUT2D eigenvalue weighted by atomic mass is 9.55. The van der Waals surface area contributed by atoms with Gasteiger partial charge in [0.25, 0.3) is 0 Å². The summed E-state index contributed by atoms with van der Waals surface area (Å²) < 4.78 is 0. The van der Waals surface area contributed by atoms with E-state index in [4.69, 9.17) is 5.11 Å². The molecular weight excluding hydrogens is 394 g/mol. The van der Waals surface area contributed by atoms with Gasteiger partial charge in [0.2, 0.25) is 0 Å². The van der Waals surface area contributed by atoms with Crippen molar-refractivity contribution in [3.63, 3.8) is 0 Å². The maximum absolute atomic E-state index is 10.2. The summed E-state index contributed by atoms with van der Waals surface area (Å²) in [4.78, 5) is 2.78. The molecule has 1 aliphatic heterocycles.